The van der Waals surface area contributed by atoms with Gasteiger partial charge in [0.25, 0.3) is 0 Å². The number of carbonyl (C=O) groups excluding carboxylic acids is 4. The molecule has 5 heterocycles. The van der Waals surface area contributed by atoms with Crippen LogP contribution in [-0.2, 0) is 47.6 Å². The maximum atomic E-state index is 9.84. The number of hydrogen-bond donors (Lipinski definition) is 3. The summed E-state index contributed by atoms with van der Waals surface area (Å²) >= 11 is 4.14. The lowest BCUT2D eigenvalue weighted by Gasteiger charge is -2.44. The van der Waals surface area contributed by atoms with Crippen LogP contribution >= 0.6 is 11.8 Å². The second kappa shape index (κ2) is 16.4. The lowest BCUT2D eigenvalue weighted by atomic mass is 9.76. The first-order chi connectivity index (χ1) is 22.2. The molecule has 8 fully saturated rings. The molecular formula is C32H50ClNO12. The monoisotopic (exact) mass is 675 g/mol. The number of halogens is 1. The lowest BCUT2D eigenvalue weighted by Crippen LogP contribution is -2.54. The minimum absolute atomic E-state index is 0.0760. The summed E-state index contributed by atoms with van der Waals surface area (Å²) in [6.45, 7) is 4.36. The van der Waals surface area contributed by atoms with Gasteiger partial charge in [0, 0.05) is 38.5 Å². The highest BCUT2D eigenvalue weighted by molar-refractivity contribution is 6.11. The van der Waals surface area contributed by atoms with E-state index in [4.69, 9.17) is 47.6 Å². The zero-order valence-electron chi connectivity index (χ0n) is 26.8. The van der Waals surface area contributed by atoms with Crippen LogP contribution in [0.2, 0.25) is 0 Å². The molecule has 5 saturated heterocycles. The maximum absolute atomic E-state index is 9.84. The minimum Gasteiger partial charge on any atom is -0.390 e. The number of hydrogen-bond acceptors (Lipinski definition) is 13. The summed E-state index contributed by atoms with van der Waals surface area (Å²) in [6, 6.07) is 0. The number of fused-ring (bicyclic) bond motifs is 4. The third kappa shape index (κ3) is 7.62. The molecule has 3 spiro atoms. The van der Waals surface area contributed by atoms with E-state index in [0.717, 1.165) is 70.6 Å². The van der Waals surface area contributed by atoms with Gasteiger partial charge in [0.1, 0.15) is 12.2 Å². The van der Waals surface area contributed by atoms with E-state index >= 15 is 0 Å². The minimum atomic E-state index is -0.736. The van der Waals surface area contributed by atoms with Crippen molar-refractivity contribution in [2.45, 2.75) is 188 Å². The molecule has 12 atom stereocenters. The molecule has 0 aromatic rings. The second-order valence-electron chi connectivity index (χ2n) is 13.7. The quantitative estimate of drug-likeness (QED) is 0.363. The largest absolute Gasteiger partial charge is 0.390 e. The van der Waals surface area contributed by atoms with Gasteiger partial charge in [-0.25, -0.2) is 5.25 Å². The Morgan fingerprint density at radius 1 is 0.674 bits per heavy atom. The van der Waals surface area contributed by atoms with Gasteiger partial charge >= 0.3 is 12.3 Å². The van der Waals surface area contributed by atoms with Gasteiger partial charge in [0.15, 0.2) is 5.79 Å². The molecule has 3 aliphatic carbocycles. The summed E-state index contributed by atoms with van der Waals surface area (Å²) in [5.74, 6) is -0.299. The van der Waals surface area contributed by atoms with E-state index in [2.05, 4.69) is 30.9 Å². The van der Waals surface area contributed by atoms with Crippen molar-refractivity contribution < 1.29 is 57.8 Å². The van der Waals surface area contributed by atoms with Crippen LogP contribution in [0, 0.1) is 0 Å². The third-order valence-electron chi connectivity index (χ3n) is 11.1. The molecule has 8 aliphatic rings. The van der Waals surface area contributed by atoms with Gasteiger partial charge in [0.05, 0.1) is 60.0 Å². The molecule has 3 saturated carbocycles. The number of rotatable bonds is 2. The fraction of sp³-hybridized carbons (Fsp3) is 0.938. The highest BCUT2D eigenvalue weighted by Gasteiger charge is 2.65. The Morgan fingerprint density at radius 2 is 1.15 bits per heavy atom. The van der Waals surface area contributed by atoms with Crippen molar-refractivity contribution in [3.05, 3.63) is 0 Å². The van der Waals surface area contributed by atoms with Crippen molar-refractivity contribution >= 4 is 24.1 Å². The highest BCUT2D eigenvalue weighted by atomic mass is 35.5. The second-order valence-corrected chi connectivity index (χ2v) is 13.7. The van der Waals surface area contributed by atoms with Gasteiger partial charge in [0.2, 0.25) is 0 Å². The molecular weight excluding hydrogens is 626 g/mol. The summed E-state index contributed by atoms with van der Waals surface area (Å²) < 4.78 is 37.9. The molecule has 4 N–H and O–H groups in total. The Balaban J connectivity index is 0.000000176. The molecule has 14 heteroatoms. The summed E-state index contributed by atoms with van der Waals surface area (Å²) in [6.07, 6.45) is 15.9. The van der Waals surface area contributed by atoms with Crippen molar-refractivity contribution in [3.63, 3.8) is 0 Å². The molecule has 13 nitrogen and oxygen atoms in total. The Kier molecular flexibility index (Phi) is 13.4. The predicted molar refractivity (Wildman–Crippen MR) is 158 cm³/mol. The third-order valence-corrected chi connectivity index (χ3v) is 11.1. The average Bonchev–Trinajstić information content (AvgIpc) is 3.69. The van der Waals surface area contributed by atoms with Gasteiger partial charge in [-0.2, -0.15) is 19.2 Å². The normalized spacial score (nSPS) is 45.1. The Labute approximate surface area is 275 Å². The first kappa shape index (κ1) is 37.5. The fourth-order valence-electron chi connectivity index (χ4n) is 9.13. The Hall–Kier alpha value is -1.31. The fourth-order valence-corrected chi connectivity index (χ4v) is 9.13. The molecule has 8 rings (SSSR count). The lowest BCUT2D eigenvalue weighted by molar-refractivity contribution is -0.215. The number of ether oxygens (including phenoxy) is 6. The van der Waals surface area contributed by atoms with Crippen molar-refractivity contribution in [1.29, 1.82) is 0 Å². The van der Waals surface area contributed by atoms with Crippen LogP contribution in [0.15, 0.2) is 0 Å². The van der Waals surface area contributed by atoms with Crippen LogP contribution in [0.3, 0.4) is 0 Å². The Morgan fingerprint density at radius 3 is 1.70 bits per heavy atom. The molecule has 5 aliphatic heterocycles. The zero-order valence-corrected chi connectivity index (χ0v) is 27.6. The van der Waals surface area contributed by atoms with E-state index in [-0.39, 0.29) is 65.9 Å². The topological polar surface area (TPSA) is 190 Å². The molecule has 46 heavy (non-hydrogen) atoms. The van der Waals surface area contributed by atoms with Gasteiger partial charge in [-0.15, -0.1) is 0 Å². The smallest absolute Gasteiger partial charge is 0.373 e. The maximum Gasteiger partial charge on any atom is 0.373 e. The highest BCUT2D eigenvalue weighted by Crippen LogP contribution is 2.55. The summed E-state index contributed by atoms with van der Waals surface area (Å²) in [5, 5.41) is 23.6. The zero-order chi connectivity index (χ0) is 33.5. The van der Waals surface area contributed by atoms with Crippen molar-refractivity contribution in [2.24, 2.45) is 5.25 Å². The van der Waals surface area contributed by atoms with Crippen molar-refractivity contribution in [1.82, 2.24) is 0 Å². The van der Waals surface area contributed by atoms with E-state index in [1.807, 2.05) is 0 Å². The SMILES string of the molecule is CC[C@H]1CC[C@@H]2O[C@@H]3CC2(C[C@@H](O)C3O)O1.CC[C@H]1CC[C@@H]2O[C@@H]3CC2(C[C@H]2OC4(CCCCC4)OC32)O1.NCl.O=C=O.O=C=O. The van der Waals surface area contributed by atoms with E-state index in [1.54, 1.807) is 0 Å². The van der Waals surface area contributed by atoms with Crippen LogP contribution in [0.1, 0.15) is 110 Å². The molecule has 0 amide bonds. The summed E-state index contributed by atoms with van der Waals surface area (Å²) in [4.78, 5) is 32.5. The molecule has 4 unspecified atom stereocenters. The summed E-state index contributed by atoms with van der Waals surface area (Å²) in [7, 11) is 0. The van der Waals surface area contributed by atoms with E-state index < -0.39 is 12.2 Å². The van der Waals surface area contributed by atoms with E-state index in [1.165, 1.54) is 19.3 Å². The molecule has 0 radical (unpaired) electrons. The number of aliphatic hydroxyl groups is 2. The van der Waals surface area contributed by atoms with E-state index in [9.17, 15) is 10.2 Å². The summed E-state index contributed by atoms with van der Waals surface area (Å²) in [5.41, 5.74) is -0.406. The van der Waals surface area contributed by atoms with E-state index in [0.29, 0.717) is 18.6 Å². The van der Waals surface area contributed by atoms with Crippen molar-refractivity contribution in [2.75, 3.05) is 0 Å². The molecule has 262 valence electrons. The predicted octanol–water partition coefficient (Wildman–Crippen LogP) is 2.85. The first-order valence-corrected chi connectivity index (χ1v) is 17.2. The van der Waals surface area contributed by atoms with Gasteiger partial charge < -0.3 is 38.6 Å². The van der Waals surface area contributed by atoms with Crippen LogP contribution < -0.4 is 5.25 Å². The van der Waals surface area contributed by atoms with Gasteiger partial charge in [-0.3, -0.25) is 0 Å². The van der Waals surface area contributed by atoms with Crippen molar-refractivity contribution in [3.8, 4) is 0 Å². The molecule has 0 aromatic heterocycles. The first-order valence-electron chi connectivity index (χ1n) is 16.8. The van der Waals surface area contributed by atoms with Gasteiger partial charge in [-0.05, 0) is 63.1 Å². The molecule has 0 aromatic carbocycles. The van der Waals surface area contributed by atoms with Crippen LogP contribution in [0.5, 0.6) is 0 Å². The number of nitrogens with two attached hydrogens (primary N) is 1. The number of aliphatic hydroxyl groups excluding tert-OH is 2. The van der Waals surface area contributed by atoms with Crippen LogP contribution in [0.25, 0.3) is 0 Å². The van der Waals surface area contributed by atoms with Crippen LogP contribution in [-0.4, -0.2) is 101 Å². The standard InChI is InChI=1S/C18H28O4.C12H20O4.2CO2.ClH2N/c1-2-12-6-7-15-17(20-12)10-13(19-15)16-14(11-17)21-18(22-16)8-4-3-5-9-18;1-2-7-3-4-10-12(16-7)5-8(13)11(14)9(6-12)15-10;2*2-1-3;1-2/h12-16H,2-11H2,1H3;7-11,13-14H,2-6H2,1H3;;;2H2/t12-,13+,14+,15-,16?,17?;7-,8+,9+,10-,11?,12?;;;/m00.../s1. The van der Waals surface area contributed by atoms with Gasteiger partial charge in [-0.1, -0.05) is 20.3 Å². The molecule has 4 bridgehead atoms. The Bertz CT molecular complexity index is 1030. The van der Waals surface area contributed by atoms with Crippen LogP contribution in [0.4, 0.5) is 0 Å². The average molecular weight is 676 g/mol.